The van der Waals surface area contributed by atoms with E-state index < -0.39 is 35.0 Å². The Morgan fingerprint density at radius 2 is 1.53 bits per heavy atom. The molecule has 1 amide bonds. The van der Waals surface area contributed by atoms with E-state index in [1.807, 2.05) is 13.0 Å². The largest absolute Gasteiger partial charge is 0.320 e. The van der Waals surface area contributed by atoms with Crippen molar-refractivity contribution in [2.45, 2.75) is 19.9 Å². The van der Waals surface area contributed by atoms with Crippen LogP contribution in [-0.4, -0.2) is 34.8 Å². The van der Waals surface area contributed by atoms with Gasteiger partial charge in [-0.3, -0.25) is 19.2 Å². The molecule has 38 heavy (non-hydrogen) atoms. The van der Waals surface area contributed by atoms with Crippen molar-refractivity contribution in [3.8, 4) is 11.3 Å². The number of likely N-dealkylation sites (N-methyl/N-ethyl adjacent to an activating group) is 1. The predicted octanol–water partition coefficient (Wildman–Crippen LogP) is 4.51. The molecule has 0 aliphatic rings. The number of carbonyl (C=O) groups excluding carboxylic acids is 3. The quantitative estimate of drug-likeness (QED) is 0.339. The van der Waals surface area contributed by atoms with Crippen molar-refractivity contribution in [3.63, 3.8) is 0 Å². The number of anilines is 1. The van der Waals surface area contributed by atoms with Crippen LogP contribution in [-0.2, 0) is 4.79 Å². The second kappa shape index (κ2) is 11.6. The Morgan fingerprint density at radius 1 is 0.842 bits per heavy atom. The second-order valence-corrected chi connectivity index (χ2v) is 8.63. The molecule has 0 bridgehead atoms. The normalized spacial score (nSPS) is 11.6. The molecule has 192 valence electrons. The van der Waals surface area contributed by atoms with Gasteiger partial charge in [-0.25, -0.2) is 8.96 Å². The summed E-state index contributed by atoms with van der Waals surface area (Å²) in [6, 6.07) is 22.5. The summed E-state index contributed by atoms with van der Waals surface area (Å²) in [5.74, 6) is -1.94. The molecule has 8 heteroatoms. The molecular formula is C30H26FN3O4. The maximum Gasteiger partial charge on any atom is 0.281 e. The van der Waals surface area contributed by atoms with Gasteiger partial charge in [0.25, 0.3) is 11.5 Å². The van der Waals surface area contributed by atoms with Crippen LogP contribution in [0.2, 0.25) is 0 Å². The third-order valence-corrected chi connectivity index (χ3v) is 5.99. The summed E-state index contributed by atoms with van der Waals surface area (Å²) in [5.41, 5.74) is 0.763. The van der Waals surface area contributed by atoms with Crippen LogP contribution in [0.25, 0.3) is 11.3 Å². The van der Waals surface area contributed by atoms with E-state index >= 15 is 0 Å². The van der Waals surface area contributed by atoms with Crippen LogP contribution in [0.1, 0.15) is 40.1 Å². The molecule has 1 aromatic heterocycles. The van der Waals surface area contributed by atoms with E-state index in [4.69, 9.17) is 0 Å². The number of hydrogen-bond donors (Lipinski definition) is 2. The van der Waals surface area contributed by atoms with Crippen molar-refractivity contribution in [1.82, 2.24) is 9.88 Å². The number of rotatable bonds is 8. The smallest absolute Gasteiger partial charge is 0.281 e. The first kappa shape index (κ1) is 26.4. The Labute approximate surface area is 218 Å². The number of amides is 1. The van der Waals surface area contributed by atoms with E-state index in [-0.39, 0.29) is 22.4 Å². The maximum absolute atomic E-state index is 13.8. The van der Waals surface area contributed by atoms with Crippen molar-refractivity contribution in [2.75, 3.05) is 11.9 Å². The third-order valence-electron chi connectivity index (χ3n) is 5.99. The Kier molecular flexibility index (Phi) is 8.03. The summed E-state index contributed by atoms with van der Waals surface area (Å²) in [6.45, 7) is 4.10. The van der Waals surface area contributed by atoms with Crippen LogP contribution in [0, 0.1) is 5.82 Å². The number of ketones is 1. The van der Waals surface area contributed by atoms with E-state index in [2.05, 4.69) is 10.6 Å². The number of nitrogens with one attached hydrogen (secondary N) is 2. The molecule has 1 heterocycles. The number of pyridine rings is 1. The first-order valence-electron chi connectivity index (χ1n) is 12.1. The fourth-order valence-electron chi connectivity index (χ4n) is 4.00. The van der Waals surface area contributed by atoms with Crippen LogP contribution in [0.15, 0.2) is 95.8 Å². The minimum Gasteiger partial charge on any atom is -0.320 e. The Hall–Kier alpha value is -4.69. The summed E-state index contributed by atoms with van der Waals surface area (Å²) in [7, 11) is 0. The van der Waals surface area contributed by atoms with Gasteiger partial charge in [0.05, 0.1) is 11.7 Å². The van der Waals surface area contributed by atoms with Crippen LogP contribution >= 0.6 is 0 Å². The summed E-state index contributed by atoms with van der Waals surface area (Å²) < 4.78 is 14.3. The number of hydrogen-bond acceptors (Lipinski definition) is 5. The molecule has 3 aromatic carbocycles. The molecule has 0 radical (unpaired) electrons. The second-order valence-electron chi connectivity index (χ2n) is 8.63. The molecular weight excluding hydrogens is 485 g/mol. The van der Waals surface area contributed by atoms with Crippen LogP contribution in [0.5, 0.6) is 0 Å². The average molecular weight is 512 g/mol. The van der Waals surface area contributed by atoms with E-state index in [9.17, 15) is 23.6 Å². The number of aromatic nitrogens is 1. The topological polar surface area (TPSA) is 97.3 Å². The molecule has 7 nitrogen and oxygen atoms in total. The monoisotopic (exact) mass is 511 g/mol. The van der Waals surface area contributed by atoms with Gasteiger partial charge in [-0.2, -0.15) is 0 Å². The lowest BCUT2D eigenvalue weighted by atomic mass is 10.0. The fraction of sp³-hybridized carbons (Fsp3) is 0.133. The predicted molar refractivity (Wildman–Crippen MR) is 144 cm³/mol. The highest BCUT2D eigenvalue weighted by Gasteiger charge is 2.21. The Morgan fingerprint density at radius 3 is 2.21 bits per heavy atom. The Balaban J connectivity index is 1.77. The van der Waals surface area contributed by atoms with Gasteiger partial charge in [0, 0.05) is 16.7 Å². The van der Waals surface area contributed by atoms with Crippen LogP contribution < -0.4 is 16.2 Å². The molecule has 0 saturated heterocycles. The number of carbonyl (C=O) groups is 3. The van der Waals surface area contributed by atoms with E-state index in [0.717, 1.165) is 4.57 Å². The highest BCUT2D eigenvalue weighted by atomic mass is 19.1. The zero-order valence-electron chi connectivity index (χ0n) is 20.9. The lowest BCUT2D eigenvalue weighted by Gasteiger charge is -2.16. The van der Waals surface area contributed by atoms with Gasteiger partial charge in [0.15, 0.2) is 5.78 Å². The average Bonchev–Trinajstić information content (AvgIpc) is 2.94. The molecule has 1 atom stereocenters. The first-order chi connectivity index (χ1) is 18.3. The Bertz CT molecular complexity index is 1550. The summed E-state index contributed by atoms with van der Waals surface area (Å²) in [5, 5.41) is 5.58. The maximum atomic E-state index is 13.8. The number of nitrogens with zero attached hydrogens (tertiary/aromatic N) is 1. The van der Waals surface area contributed by atoms with Gasteiger partial charge in [-0.1, -0.05) is 49.4 Å². The van der Waals surface area contributed by atoms with Gasteiger partial charge in [-0.15, -0.1) is 0 Å². The third kappa shape index (κ3) is 5.66. The zero-order valence-corrected chi connectivity index (χ0v) is 20.9. The highest BCUT2D eigenvalue weighted by molar-refractivity contribution is 6.10. The molecule has 4 rings (SSSR count). The van der Waals surface area contributed by atoms with Gasteiger partial charge < -0.3 is 10.6 Å². The number of benzene rings is 3. The molecule has 0 aliphatic carbocycles. The lowest BCUT2D eigenvalue weighted by Crippen LogP contribution is -2.40. The van der Waals surface area contributed by atoms with Crippen molar-refractivity contribution >= 4 is 23.3 Å². The SMILES string of the molecule is CCN[C@@H](C)C(=O)Nc1ccc(-c2ccccc2)n(C(=O)c2cccc(C(=O)c3ccc(F)cc3)c2)c1=O. The first-order valence-corrected chi connectivity index (χ1v) is 12.1. The zero-order chi connectivity index (χ0) is 27.2. The van der Waals surface area contributed by atoms with Crippen molar-refractivity contribution in [1.29, 1.82) is 0 Å². The standard InChI is InChI=1S/C30H26FN3O4/c1-3-32-19(2)28(36)33-25-16-17-26(20-8-5-4-6-9-20)34(30(25)38)29(37)23-11-7-10-22(18-23)27(35)21-12-14-24(31)15-13-21/h4-19,32H,3H2,1-2H3,(H,33,36)/t19-/m0/s1. The van der Waals surface area contributed by atoms with Crippen LogP contribution in [0.3, 0.4) is 0 Å². The van der Waals surface area contributed by atoms with Gasteiger partial charge >= 0.3 is 0 Å². The van der Waals surface area contributed by atoms with Crippen molar-refractivity contribution in [3.05, 3.63) is 124 Å². The van der Waals surface area contributed by atoms with Crippen LogP contribution in [0.4, 0.5) is 10.1 Å². The lowest BCUT2D eigenvalue weighted by molar-refractivity contribution is -0.117. The van der Waals surface area contributed by atoms with Crippen molar-refractivity contribution in [2.24, 2.45) is 0 Å². The van der Waals surface area contributed by atoms with E-state index in [1.165, 1.54) is 42.5 Å². The molecule has 0 aliphatic heterocycles. The molecule has 2 N–H and O–H groups in total. The molecule has 0 saturated carbocycles. The molecule has 0 spiro atoms. The minimum atomic E-state index is -0.705. The number of halogens is 1. The summed E-state index contributed by atoms with van der Waals surface area (Å²) in [4.78, 5) is 52.9. The van der Waals surface area contributed by atoms with Crippen molar-refractivity contribution < 1.29 is 18.8 Å². The van der Waals surface area contributed by atoms with E-state index in [1.54, 1.807) is 49.4 Å². The summed E-state index contributed by atoms with van der Waals surface area (Å²) >= 11 is 0. The summed E-state index contributed by atoms with van der Waals surface area (Å²) in [6.07, 6.45) is 0. The fourth-order valence-corrected chi connectivity index (χ4v) is 4.00. The van der Waals surface area contributed by atoms with E-state index in [0.29, 0.717) is 17.8 Å². The van der Waals surface area contributed by atoms with Gasteiger partial charge in [0.1, 0.15) is 11.5 Å². The van der Waals surface area contributed by atoms with Gasteiger partial charge in [0.2, 0.25) is 5.91 Å². The molecule has 0 fully saturated rings. The van der Waals surface area contributed by atoms with Gasteiger partial charge in [-0.05, 0) is 67.6 Å². The minimum absolute atomic E-state index is 0.0497. The molecule has 4 aromatic rings. The highest BCUT2D eigenvalue weighted by Crippen LogP contribution is 2.21. The molecule has 0 unspecified atom stereocenters.